The molecular weight excluding hydrogens is 134 g/mol. The van der Waals surface area contributed by atoms with E-state index in [1.54, 1.807) is 0 Å². The van der Waals surface area contributed by atoms with E-state index in [0.717, 1.165) is 18.6 Å². The summed E-state index contributed by atoms with van der Waals surface area (Å²) < 4.78 is 0. The van der Waals surface area contributed by atoms with E-state index in [9.17, 15) is 0 Å². The largest absolute Gasteiger partial charge is 0.309 e. The molecule has 0 saturated heterocycles. The van der Waals surface area contributed by atoms with Gasteiger partial charge in [0, 0.05) is 12.1 Å². The van der Waals surface area contributed by atoms with Crippen molar-refractivity contribution >= 4 is 5.71 Å². The Morgan fingerprint density at radius 1 is 1.45 bits per heavy atom. The second-order valence-electron chi connectivity index (χ2n) is 2.54. The molecule has 0 atom stereocenters. The summed E-state index contributed by atoms with van der Waals surface area (Å²) >= 11 is 0. The van der Waals surface area contributed by atoms with E-state index in [4.69, 9.17) is 5.41 Å². The fourth-order valence-corrected chi connectivity index (χ4v) is 0.911. The fourth-order valence-electron chi connectivity index (χ4n) is 0.911. The van der Waals surface area contributed by atoms with Crippen LogP contribution in [-0.2, 0) is 6.42 Å². The molecule has 1 radical (unpaired) electrons. The van der Waals surface area contributed by atoms with E-state index in [1.165, 1.54) is 5.56 Å². The first-order chi connectivity index (χ1) is 5.33. The van der Waals surface area contributed by atoms with Crippen LogP contribution in [0.3, 0.4) is 0 Å². The predicted octanol–water partition coefficient (Wildman–Crippen LogP) is 2.46. The Bertz CT molecular complexity index is 226. The minimum Gasteiger partial charge on any atom is -0.309 e. The lowest BCUT2D eigenvalue weighted by atomic mass is 10.1. The van der Waals surface area contributed by atoms with E-state index in [-0.39, 0.29) is 0 Å². The fraction of sp³-hybridized carbons (Fsp3) is 0.300. The Balaban J connectivity index is 2.58. The topological polar surface area (TPSA) is 23.9 Å². The van der Waals surface area contributed by atoms with Crippen molar-refractivity contribution in [1.82, 2.24) is 0 Å². The van der Waals surface area contributed by atoms with Crippen LogP contribution < -0.4 is 0 Å². The summed E-state index contributed by atoms with van der Waals surface area (Å²) in [6, 6.07) is 10.7. The summed E-state index contributed by atoms with van der Waals surface area (Å²) in [5.74, 6) is 0. The van der Waals surface area contributed by atoms with Crippen molar-refractivity contribution in [2.24, 2.45) is 0 Å². The second kappa shape index (κ2) is 3.91. The number of rotatable bonds is 3. The number of hydrogen-bond donors (Lipinski definition) is 1. The van der Waals surface area contributed by atoms with Gasteiger partial charge in [0.2, 0.25) is 0 Å². The second-order valence-corrected chi connectivity index (χ2v) is 2.54. The summed E-state index contributed by atoms with van der Waals surface area (Å²) in [5.41, 5.74) is 1.99. The van der Waals surface area contributed by atoms with Gasteiger partial charge in [0.1, 0.15) is 0 Å². The van der Waals surface area contributed by atoms with Gasteiger partial charge in [-0.15, -0.1) is 0 Å². The molecule has 57 valence electrons. The molecule has 1 nitrogen and oxygen atoms in total. The van der Waals surface area contributed by atoms with Crippen LogP contribution in [0.15, 0.2) is 24.3 Å². The van der Waals surface area contributed by atoms with Crippen molar-refractivity contribution in [1.29, 1.82) is 5.41 Å². The van der Waals surface area contributed by atoms with E-state index in [2.05, 4.69) is 6.07 Å². The zero-order valence-corrected chi connectivity index (χ0v) is 6.72. The average Bonchev–Trinajstić information content (AvgIpc) is 2.06. The van der Waals surface area contributed by atoms with Gasteiger partial charge in [-0.25, -0.2) is 0 Å². The molecule has 0 aliphatic rings. The zero-order chi connectivity index (χ0) is 8.10. The maximum Gasteiger partial charge on any atom is 0.0130 e. The molecular formula is C10H12N. The van der Waals surface area contributed by atoms with Gasteiger partial charge in [-0.2, -0.15) is 0 Å². The zero-order valence-electron chi connectivity index (χ0n) is 6.72. The molecule has 11 heavy (non-hydrogen) atoms. The predicted molar refractivity (Wildman–Crippen MR) is 47.0 cm³/mol. The molecule has 0 saturated carbocycles. The molecule has 1 aromatic rings. The van der Waals surface area contributed by atoms with Gasteiger partial charge in [0.15, 0.2) is 0 Å². The Kier molecular flexibility index (Phi) is 2.84. The van der Waals surface area contributed by atoms with Gasteiger partial charge in [0.05, 0.1) is 0 Å². The van der Waals surface area contributed by atoms with Gasteiger partial charge in [-0.1, -0.05) is 31.2 Å². The minimum absolute atomic E-state index is 0.783. The van der Waals surface area contributed by atoms with Gasteiger partial charge < -0.3 is 5.41 Å². The lowest BCUT2D eigenvalue weighted by Gasteiger charge is -1.99. The average molecular weight is 146 g/mol. The molecule has 1 aromatic carbocycles. The molecule has 1 heteroatoms. The lowest BCUT2D eigenvalue weighted by molar-refractivity contribution is 1.15. The van der Waals surface area contributed by atoms with Gasteiger partial charge in [-0.05, 0) is 18.1 Å². The molecule has 0 aliphatic heterocycles. The highest BCUT2D eigenvalue weighted by Crippen LogP contribution is 2.00. The SMILES string of the molecule is CCC(=N)Cc1cc[c]cc1. The van der Waals surface area contributed by atoms with Crippen LogP contribution in [0.1, 0.15) is 18.9 Å². The first kappa shape index (κ1) is 7.99. The Morgan fingerprint density at radius 3 is 2.64 bits per heavy atom. The van der Waals surface area contributed by atoms with Crippen LogP contribution in [0, 0.1) is 11.5 Å². The number of benzene rings is 1. The molecule has 0 bridgehead atoms. The van der Waals surface area contributed by atoms with E-state index < -0.39 is 0 Å². The number of hydrogen-bond acceptors (Lipinski definition) is 1. The van der Waals surface area contributed by atoms with Gasteiger partial charge in [-0.3, -0.25) is 0 Å². The monoisotopic (exact) mass is 146 g/mol. The van der Waals surface area contributed by atoms with Gasteiger partial charge >= 0.3 is 0 Å². The van der Waals surface area contributed by atoms with Crippen molar-refractivity contribution in [3.63, 3.8) is 0 Å². The van der Waals surface area contributed by atoms with Crippen LogP contribution in [0.4, 0.5) is 0 Å². The summed E-state index contributed by atoms with van der Waals surface area (Å²) in [6.45, 7) is 2.01. The molecule has 0 spiro atoms. The molecule has 0 unspecified atom stereocenters. The van der Waals surface area contributed by atoms with Crippen molar-refractivity contribution < 1.29 is 0 Å². The molecule has 0 aliphatic carbocycles. The highest BCUT2D eigenvalue weighted by atomic mass is 14.4. The summed E-state index contributed by atoms with van der Waals surface area (Å²) in [4.78, 5) is 0. The third-order valence-corrected chi connectivity index (χ3v) is 1.63. The van der Waals surface area contributed by atoms with Crippen molar-refractivity contribution in [3.05, 3.63) is 35.9 Å². The van der Waals surface area contributed by atoms with E-state index in [1.807, 2.05) is 31.2 Å². The highest BCUT2D eigenvalue weighted by molar-refractivity contribution is 5.83. The van der Waals surface area contributed by atoms with E-state index >= 15 is 0 Å². The molecule has 0 aromatic heterocycles. The van der Waals surface area contributed by atoms with Crippen LogP contribution in [0.2, 0.25) is 0 Å². The molecule has 0 amide bonds. The molecule has 0 fully saturated rings. The smallest absolute Gasteiger partial charge is 0.0130 e. The van der Waals surface area contributed by atoms with Gasteiger partial charge in [0.25, 0.3) is 0 Å². The maximum absolute atomic E-state index is 7.46. The molecule has 1 rings (SSSR count). The van der Waals surface area contributed by atoms with E-state index in [0.29, 0.717) is 0 Å². The normalized spacial score (nSPS) is 9.55. The third kappa shape index (κ3) is 2.54. The molecule has 0 heterocycles. The standard InChI is InChI=1S/C10H12N/c1-2-10(11)8-9-6-4-3-5-7-9/h4-7,11H,2,8H2,1H3. The van der Waals surface area contributed by atoms with Crippen molar-refractivity contribution in [3.8, 4) is 0 Å². The summed E-state index contributed by atoms with van der Waals surface area (Å²) in [6.07, 6.45) is 1.63. The molecule has 1 N–H and O–H groups in total. The lowest BCUT2D eigenvalue weighted by Crippen LogP contribution is -1.98. The van der Waals surface area contributed by atoms with Crippen LogP contribution in [-0.4, -0.2) is 5.71 Å². The summed E-state index contributed by atoms with van der Waals surface area (Å²) in [5, 5.41) is 7.46. The quantitative estimate of drug-likeness (QED) is 0.633. The first-order valence-electron chi connectivity index (χ1n) is 3.84. The highest BCUT2D eigenvalue weighted by Gasteiger charge is 1.94. The minimum atomic E-state index is 0.783. The Labute approximate surface area is 67.6 Å². The third-order valence-electron chi connectivity index (χ3n) is 1.63. The Morgan fingerprint density at radius 2 is 2.09 bits per heavy atom. The van der Waals surface area contributed by atoms with Crippen LogP contribution in [0.5, 0.6) is 0 Å². The van der Waals surface area contributed by atoms with Crippen LogP contribution in [0.25, 0.3) is 0 Å². The first-order valence-corrected chi connectivity index (χ1v) is 3.84. The Hall–Kier alpha value is -1.11. The van der Waals surface area contributed by atoms with Crippen LogP contribution >= 0.6 is 0 Å². The summed E-state index contributed by atoms with van der Waals surface area (Å²) in [7, 11) is 0. The van der Waals surface area contributed by atoms with Crippen molar-refractivity contribution in [2.45, 2.75) is 19.8 Å². The van der Waals surface area contributed by atoms with Crippen molar-refractivity contribution in [2.75, 3.05) is 0 Å². The number of nitrogens with one attached hydrogen (secondary N) is 1. The maximum atomic E-state index is 7.46.